The average Bonchev–Trinajstić information content (AvgIpc) is 2.92. The van der Waals surface area contributed by atoms with Crippen molar-refractivity contribution >= 4 is 5.91 Å². The standard InChI is InChI=1S/C16H30N2O4/c1-15(2,3)22-7-6-16(4,5)14(19)18-11-9-21-12-10(17)8-20-13(11)12/h10-13H,6-9,17H2,1-5H3,(H,18,19). The number of hydrogen-bond acceptors (Lipinski definition) is 5. The van der Waals surface area contributed by atoms with E-state index in [-0.39, 0.29) is 35.8 Å². The fourth-order valence-electron chi connectivity index (χ4n) is 2.74. The Bertz CT molecular complexity index is 405. The lowest BCUT2D eigenvalue weighted by Crippen LogP contribution is -2.49. The molecule has 2 aliphatic rings. The van der Waals surface area contributed by atoms with E-state index in [2.05, 4.69) is 5.32 Å². The average molecular weight is 314 g/mol. The molecule has 128 valence electrons. The zero-order valence-corrected chi connectivity index (χ0v) is 14.3. The molecule has 0 spiro atoms. The SMILES string of the molecule is CC(C)(C)OCCC(C)(C)C(=O)NC1COC2C(N)COC12. The summed E-state index contributed by atoms with van der Waals surface area (Å²) in [4.78, 5) is 12.5. The number of nitrogens with two attached hydrogens (primary N) is 1. The number of nitrogens with one attached hydrogen (secondary N) is 1. The van der Waals surface area contributed by atoms with E-state index in [0.717, 1.165) is 0 Å². The second-order valence-corrected chi connectivity index (χ2v) is 7.93. The van der Waals surface area contributed by atoms with Crippen LogP contribution in [0.1, 0.15) is 41.0 Å². The monoisotopic (exact) mass is 314 g/mol. The van der Waals surface area contributed by atoms with Crippen LogP contribution in [0.3, 0.4) is 0 Å². The van der Waals surface area contributed by atoms with Crippen LogP contribution < -0.4 is 11.1 Å². The van der Waals surface area contributed by atoms with Gasteiger partial charge in [0.05, 0.1) is 30.9 Å². The van der Waals surface area contributed by atoms with Gasteiger partial charge in [-0.15, -0.1) is 0 Å². The van der Waals surface area contributed by atoms with Crippen LogP contribution in [0.2, 0.25) is 0 Å². The van der Waals surface area contributed by atoms with Gasteiger partial charge in [0.2, 0.25) is 5.91 Å². The fraction of sp³-hybridized carbons (Fsp3) is 0.938. The van der Waals surface area contributed by atoms with Crippen molar-refractivity contribution in [3.8, 4) is 0 Å². The van der Waals surface area contributed by atoms with Crippen LogP contribution in [0.4, 0.5) is 0 Å². The molecule has 3 N–H and O–H groups in total. The highest BCUT2D eigenvalue weighted by molar-refractivity contribution is 5.82. The van der Waals surface area contributed by atoms with Gasteiger partial charge in [-0.25, -0.2) is 0 Å². The Labute approximate surface area is 133 Å². The van der Waals surface area contributed by atoms with Crippen molar-refractivity contribution < 1.29 is 19.0 Å². The van der Waals surface area contributed by atoms with Gasteiger partial charge in [0.1, 0.15) is 12.2 Å². The first kappa shape index (κ1) is 17.7. The number of rotatable bonds is 5. The molecule has 2 fully saturated rings. The second-order valence-electron chi connectivity index (χ2n) is 7.93. The molecule has 0 bridgehead atoms. The third-order valence-electron chi connectivity index (χ3n) is 4.29. The number of fused-ring (bicyclic) bond motifs is 1. The van der Waals surface area contributed by atoms with Crippen molar-refractivity contribution in [1.82, 2.24) is 5.32 Å². The topological polar surface area (TPSA) is 82.8 Å². The molecule has 0 aliphatic carbocycles. The maximum absolute atomic E-state index is 12.5. The molecule has 6 heteroatoms. The Balaban J connectivity index is 1.83. The summed E-state index contributed by atoms with van der Waals surface area (Å²) >= 11 is 0. The lowest BCUT2D eigenvalue weighted by molar-refractivity contribution is -0.132. The first-order valence-electron chi connectivity index (χ1n) is 8.04. The maximum Gasteiger partial charge on any atom is 0.226 e. The Morgan fingerprint density at radius 1 is 1.18 bits per heavy atom. The van der Waals surface area contributed by atoms with E-state index in [1.54, 1.807) is 0 Å². The lowest BCUT2D eigenvalue weighted by Gasteiger charge is -2.28. The Morgan fingerprint density at radius 2 is 1.82 bits per heavy atom. The lowest BCUT2D eigenvalue weighted by atomic mass is 9.88. The van der Waals surface area contributed by atoms with Gasteiger partial charge in [-0.3, -0.25) is 4.79 Å². The Kier molecular flexibility index (Phi) is 5.16. The highest BCUT2D eigenvalue weighted by Crippen LogP contribution is 2.28. The van der Waals surface area contributed by atoms with Crippen molar-refractivity contribution in [2.24, 2.45) is 11.1 Å². The van der Waals surface area contributed by atoms with Gasteiger partial charge in [-0.05, 0) is 27.2 Å². The second kappa shape index (κ2) is 6.43. The number of carbonyl (C=O) groups excluding carboxylic acids is 1. The van der Waals surface area contributed by atoms with E-state index >= 15 is 0 Å². The van der Waals surface area contributed by atoms with Gasteiger partial charge >= 0.3 is 0 Å². The number of ether oxygens (including phenoxy) is 3. The number of hydrogen-bond donors (Lipinski definition) is 2. The summed E-state index contributed by atoms with van der Waals surface area (Å²) < 4.78 is 17.0. The quantitative estimate of drug-likeness (QED) is 0.785. The summed E-state index contributed by atoms with van der Waals surface area (Å²) in [5.41, 5.74) is 5.24. The van der Waals surface area contributed by atoms with Crippen molar-refractivity contribution in [1.29, 1.82) is 0 Å². The first-order chi connectivity index (χ1) is 10.1. The molecule has 1 amide bonds. The molecule has 0 aromatic rings. The summed E-state index contributed by atoms with van der Waals surface area (Å²) in [6.45, 7) is 11.4. The zero-order chi connectivity index (χ0) is 16.5. The molecule has 4 unspecified atom stereocenters. The van der Waals surface area contributed by atoms with Crippen LogP contribution in [0.25, 0.3) is 0 Å². The minimum Gasteiger partial charge on any atom is -0.376 e. The van der Waals surface area contributed by atoms with Gasteiger partial charge in [-0.2, -0.15) is 0 Å². The molecule has 6 nitrogen and oxygen atoms in total. The van der Waals surface area contributed by atoms with Crippen LogP contribution in [-0.4, -0.2) is 55.6 Å². The molecule has 0 aromatic carbocycles. The Morgan fingerprint density at radius 3 is 2.45 bits per heavy atom. The van der Waals surface area contributed by atoms with E-state index in [1.165, 1.54) is 0 Å². The van der Waals surface area contributed by atoms with Gasteiger partial charge in [0, 0.05) is 12.0 Å². The molecule has 22 heavy (non-hydrogen) atoms. The predicted octanol–water partition coefficient (Wildman–Crippen LogP) is 0.828. The molecule has 2 saturated heterocycles. The summed E-state index contributed by atoms with van der Waals surface area (Å²) in [5, 5.41) is 3.06. The zero-order valence-electron chi connectivity index (χ0n) is 14.3. The maximum atomic E-state index is 12.5. The minimum absolute atomic E-state index is 0.00308. The smallest absolute Gasteiger partial charge is 0.226 e. The molecule has 2 heterocycles. The van der Waals surface area contributed by atoms with Crippen molar-refractivity contribution in [2.45, 2.75) is 70.9 Å². The van der Waals surface area contributed by atoms with E-state index < -0.39 is 5.41 Å². The third kappa shape index (κ3) is 4.19. The molecule has 0 radical (unpaired) electrons. The summed E-state index contributed by atoms with van der Waals surface area (Å²) in [6, 6.07) is -0.214. The summed E-state index contributed by atoms with van der Waals surface area (Å²) in [7, 11) is 0. The molecule has 2 rings (SSSR count). The Hall–Kier alpha value is -0.690. The van der Waals surface area contributed by atoms with Gasteiger partial charge < -0.3 is 25.3 Å². The van der Waals surface area contributed by atoms with E-state index in [9.17, 15) is 4.79 Å². The van der Waals surface area contributed by atoms with Gasteiger partial charge in [0.15, 0.2) is 0 Å². The number of amides is 1. The highest BCUT2D eigenvalue weighted by atomic mass is 16.6. The fourth-order valence-corrected chi connectivity index (χ4v) is 2.74. The van der Waals surface area contributed by atoms with Crippen LogP contribution >= 0.6 is 0 Å². The first-order valence-corrected chi connectivity index (χ1v) is 8.04. The molecule has 4 atom stereocenters. The van der Waals surface area contributed by atoms with Crippen LogP contribution in [0.15, 0.2) is 0 Å². The van der Waals surface area contributed by atoms with Crippen LogP contribution in [0.5, 0.6) is 0 Å². The van der Waals surface area contributed by atoms with Gasteiger partial charge in [-0.1, -0.05) is 13.8 Å². The minimum atomic E-state index is -0.496. The van der Waals surface area contributed by atoms with E-state index in [4.69, 9.17) is 19.9 Å². The van der Waals surface area contributed by atoms with E-state index in [1.807, 2.05) is 34.6 Å². The molecule has 0 aromatic heterocycles. The molecular weight excluding hydrogens is 284 g/mol. The predicted molar refractivity (Wildman–Crippen MR) is 83.5 cm³/mol. The van der Waals surface area contributed by atoms with Crippen molar-refractivity contribution in [3.63, 3.8) is 0 Å². The molecule has 0 saturated carbocycles. The van der Waals surface area contributed by atoms with Crippen LogP contribution in [0, 0.1) is 5.41 Å². The van der Waals surface area contributed by atoms with Crippen LogP contribution in [-0.2, 0) is 19.0 Å². The van der Waals surface area contributed by atoms with Gasteiger partial charge in [0.25, 0.3) is 0 Å². The van der Waals surface area contributed by atoms with E-state index in [0.29, 0.717) is 26.2 Å². The van der Waals surface area contributed by atoms with Crippen molar-refractivity contribution in [3.05, 3.63) is 0 Å². The normalized spacial score (nSPS) is 32.1. The number of carbonyl (C=O) groups is 1. The molecule has 2 aliphatic heterocycles. The van der Waals surface area contributed by atoms with Crippen molar-refractivity contribution in [2.75, 3.05) is 19.8 Å². The largest absolute Gasteiger partial charge is 0.376 e. The summed E-state index contributed by atoms with van der Waals surface area (Å²) in [5.74, 6) is 0.00308. The highest BCUT2D eigenvalue weighted by Gasteiger charge is 2.47. The summed E-state index contributed by atoms with van der Waals surface area (Å²) in [6.07, 6.45) is 0.441. The third-order valence-corrected chi connectivity index (χ3v) is 4.29. The molecular formula is C16H30N2O4.